The number of rotatable bonds is 15. The van der Waals surface area contributed by atoms with Crippen molar-refractivity contribution in [3.63, 3.8) is 0 Å². The summed E-state index contributed by atoms with van der Waals surface area (Å²) < 4.78 is 2.19. The molecule has 1 heterocycles. The number of pyridine rings is 1. The van der Waals surface area contributed by atoms with E-state index >= 15 is 0 Å². The molecule has 160 valence electrons. The molecule has 0 saturated heterocycles. The topological polar surface area (TPSA) is 22.0 Å². The first-order chi connectivity index (χ1) is 14.2. The van der Waals surface area contributed by atoms with Gasteiger partial charge >= 0.3 is 0 Å². The molecule has 0 unspecified atom stereocenters. The second kappa shape index (κ2) is 14.2. The van der Waals surface area contributed by atoms with E-state index < -0.39 is 0 Å². The summed E-state index contributed by atoms with van der Waals surface area (Å²) in [6, 6.07) is 9.74. The maximum Gasteiger partial charge on any atom is 0.189 e. The number of allylic oxidation sites excluding steroid dienone is 2. The van der Waals surface area contributed by atoms with Gasteiger partial charge in [0.1, 0.15) is 0 Å². The lowest BCUT2D eigenvalue weighted by Gasteiger charge is -2.12. The summed E-state index contributed by atoms with van der Waals surface area (Å²) in [6.07, 6.45) is 22.9. The molecule has 2 aromatic rings. The first-order valence-corrected chi connectivity index (χ1v) is 12.0. The maximum atomic E-state index is 12.3. The Morgan fingerprint density at radius 1 is 0.793 bits per heavy atom. The average molecular weight is 396 g/mol. The van der Waals surface area contributed by atoms with E-state index in [-0.39, 0.29) is 5.43 Å². The van der Waals surface area contributed by atoms with Crippen LogP contribution in [0.1, 0.15) is 96.1 Å². The van der Waals surface area contributed by atoms with E-state index in [9.17, 15) is 4.79 Å². The number of aryl methyl sites for hydroxylation is 2. The number of fused-ring (bicyclic) bond motifs is 1. The summed E-state index contributed by atoms with van der Waals surface area (Å²) in [5, 5.41) is 0.822. The molecule has 2 nitrogen and oxygen atoms in total. The Balaban J connectivity index is 1.52. The van der Waals surface area contributed by atoms with Crippen molar-refractivity contribution in [1.82, 2.24) is 4.57 Å². The highest BCUT2D eigenvalue weighted by atomic mass is 16.1. The highest BCUT2D eigenvalue weighted by Gasteiger charge is 2.05. The van der Waals surface area contributed by atoms with Crippen LogP contribution in [-0.2, 0) is 13.5 Å². The third-order valence-electron chi connectivity index (χ3n) is 5.95. The van der Waals surface area contributed by atoms with Gasteiger partial charge in [0.15, 0.2) is 5.43 Å². The number of nitrogens with zero attached hydrogens (tertiary/aromatic N) is 1. The lowest BCUT2D eigenvalue weighted by Crippen LogP contribution is -2.11. The molecule has 0 bridgehead atoms. The molecule has 0 N–H and O–H groups in total. The van der Waals surface area contributed by atoms with Crippen LogP contribution in [0.3, 0.4) is 0 Å². The minimum atomic E-state index is 0.154. The third kappa shape index (κ3) is 8.60. The van der Waals surface area contributed by atoms with Gasteiger partial charge in [-0.05, 0) is 50.7 Å². The van der Waals surface area contributed by atoms with Crippen LogP contribution in [0.2, 0.25) is 0 Å². The maximum absolute atomic E-state index is 12.3. The molecule has 0 atom stereocenters. The molecular weight excluding hydrogens is 354 g/mol. The first kappa shape index (κ1) is 23.4. The van der Waals surface area contributed by atoms with Gasteiger partial charge in [0, 0.05) is 24.2 Å². The predicted octanol–water partition coefficient (Wildman–Crippen LogP) is 7.73. The lowest BCUT2D eigenvalue weighted by atomic mass is 10.1. The molecule has 0 amide bonds. The minimum Gasteiger partial charge on any atom is -0.347 e. The number of aromatic nitrogens is 1. The van der Waals surface area contributed by atoms with Crippen LogP contribution < -0.4 is 5.43 Å². The number of para-hydroxylation sites is 1. The smallest absolute Gasteiger partial charge is 0.189 e. The Morgan fingerprint density at radius 3 is 2.07 bits per heavy atom. The minimum absolute atomic E-state index is 0.154. The van der Waals surface area contributed by atoms with Gasteiger partial charge in [-0.1, -0.05) is 82.6 Å². The van der Waals surface area contributed by atoms with E-state index in [0.29, 0.717) is 0 Å². The van der Waals surface area contributed by atoms with E-state index in [1.165, 1.54) is 83.5 Å². The molecule has 0 aliphatic heterocycles. The Kier molecular flexibility index (Phi) is 11.5. The van der Waals surface area contributed by atoms with E-state index in [1.54, 1.807) is 0 Å². The molecule has 0 aliphatic carbocycles. The zero-order valence-electron chi connectivity index (χ0n) is 18.8. The molecule has 1 aromatic heterocycles. The average Bonchev–Trinajstić information content (AvgIpc) is 2.74. The van der Waals surface area contributed by atoms with Gasteiger partial charge < -0.3 is 4.57 Å². The molecule has 29 heavy (non-hydrogen) atoms. The van der Waals surface area contributed by atoms with Crippen molar-refractivity contribution in [3.8, 4) is 0 Å². The summed E-state index contributed by atoms with van der Waals surface area (Å²) >= 11 is 0. The summed E-state index contributed by atoms with van der Waals surface area (Å²) in [6.45, 7) is 2.27. The van der Waals surface area contributed by atoms with Crippen molar-refractivity contribution in [2.24, 2.45) is 7.05 Å². The van der Waals surface area contributed by atoms with E-state index in [0.717, 1.165) is 23.0 Å². The quantitative estimate of drug-likeness (QED) is 0.223. The molecule has 2 heteroatoms. The summed E-state index contributed by atoms with van der Waals surface area (Å²) in [5.74, 6) is 0. The van der Waals surface area contributed by atoms with Gasteiger partial charge in [-0.25, -0.2) is 0 Å². The van der Waals surface area contributed by atoms with Gasteiger partial charge in [-0.3, -0.25) is 4.79 Å². The highest BCUT2D eigenvalue weighted by Crippen LogP contribution is 2.14. The Bertz CT molecular complexity index is 787. The molecule has 0 radical (unpaired) electrons. The number of hydrogen-bond donors (Lipinski definition) is 0. The van der Waals surface area contributed by atoms with E-state index in [2.05, 4.69) is 30.7 Å². The van der Waals surface area contributed by atoms with Crippen molar-refractivity contribution < 1.29 is 0 Å². The molecule has 0 fully saturated rings. The SMILES string of the molecule is CCCCCCCC/C=C/CCCCCCCc1cc(=O)c2ccccc2n1C. The van der Waals surface area contributed by atoms with Crippen LogP contribution in [0.25, 0.3) is 10.9 Å². The van der Waals surface area contributed by atoms with Crippen molar-refractivity contribution in [3.05, 3.63) is 58.4 Å². The largest absolute Gasteiger partial charge is 0.347 e. The van der Waals surface area contributed by atoms with Gasteiger partial charge in [0.05, 0.1) is 5.52 Å². The third-order valence-corrected chi connectivity index (χ3v) is 5.95. The molecule has 0 spiro atoms. The van der Waals surface area contributed by atoms with Crippen LogP contribution in [0, 0.1) is 0 Å². The van der Waals surface area contributed by atoms with Crippen LogP contribution in [0.4, 0.5) is 0 Å². The van der Waals surface area contributed by atoms with E-state index in [4.69, 9.17) is 0 Å². The van der Waals surface area contributed by atoms with Gasteiger partial charge in [-0.2, -0.15) is 0 Å². The Morgan fingerprint density at radius 2 is 1.38 bits per heavy atom. The monoisotopic (exact) mass is 395 g/mol. The number of benzene rings is 1. The van der Waals surface area contributed by atoms with Crippen LogP contribution in [-0.4, -0.2) is 4.57 Å². The standard InChI is InChI=1S/C27H41NO/c1-3-4-5-6-7-8-9-10-11-12-13-14-15-16-17-20-24-23-27(29)25-21-18-19-22-26(25)28(24)2/h10-11,18-19,21-23H,3-9,12-17,20H2,1-2H3/b11-10+. The Hall–Kier alpha value is -1.83. The predicted molar refractivity (Wildman–Crippen MR) is 128 cm³/mol. The van der Waals surface area contributed by atoms with Gasteiger partial charge in [-0.15, -0.1) is 0 Å². The lowest BCUT2D eigenvalue weighted by molar-refractivity contribution is 0.605. The van der Waals surface area contributed by atoms with E-state index in [1.807, 2.05) is 30.3 Å². The zero-order valence-corrected chi connectivity index (χ0v) is 18.8. The number of unbranched alkanes of at least 4 members (excludes halogenated alkanes) is 11. The van der Waals surface area contributed by atoms with Crippen molar-refractivity contribution in [1.29, 1.82) is 0 Å². The fraction of sp³-hybridized carbons (Fsp3) is 0.593. The van der Waals surface area contributed by atoms with Crippen molar-refractivity contribution >= 4 is 10.9 Å². The first-order valence-electron chi connectivity index (χ1n) is 12.0. The summed E-state index contributed by atoms with van der Waals surface area (Å²) in [5.41, 5.74) is 2.36. The van der Waals surface area contributed by atoms with Crippen LogP contribution >= 0.6 is 0 Å². The molecule has 2 rings (SSSR count). The van der Waals surface area contributed by atoms with Crippen molar-refractivity contribution in [2.45, 2.75) is 96.8 Å². The van der Waals surface area contributed by atoms with Crippen molar-refractivity contribution in [2.75, 3.05) is 0 Å². The molecule has 0 saturated carbocycles. The molecule has 0 aliphatic rings. The second-order valence-electron chi connectivity index (χ2n) is 8.41. The summed E-state index contributed by atoms with van der Waals surface area (Å²) in [7, 11) is 2.08. The molecule has 1 aromatic carbocycles. The fourth-order valence-corrected chi connectivity index (χ4v) is 4.07. The van der Waals surface area contributed by atoms with Crippen LogP contribution in [0.5, 0.6) is 0 Å². The second-order valence-corrected chi connectivity index (χ2v) is 8.41. The fourth-order valence-electron chi connectivity index (χ4n) is 4.07. The van der Waals surface area contributed by atoms with Crippen LogP contribution in [0.15, 0.2) is 47.3 Å². The zero-order chi connectivity index (χ0) is 20.7. The summed E-state index contributed by atoms with van der Waals surface area (Å²) in [4.78, 5) is 12.3. The van der Waals surface area contributed by atoms with Gasteiger partial charge in [0.2, 0.25) is 0 Å². The Labute approximate surface area is 178 Å². The normalized spacial score (nSPS) is 11.7. The highest BCUT2D eigenvalue weighted by molar-refractivity contribution is 5.79. The number of hydrogen-bond acceptors (Lipinski definition) is 1. The molecular formula is C27H41NO. The van der Waals surface area contributed by atoms with Gasteiger partial charge in [0.25, 0.3) is 0 Å².